The molecule has 0 radical (unpaired) electrons. The molecule has 2 aromatic rings. The van der Waals surface area contributed by atoms with E-state index in [1.807, 2.05) is 31.2 Å². The Morgan fingerprint density at radius 3 is 2.28 bits per heavy atom. The number of H-pyrrole nitrogens is 1. The largest absolute Gasteiger partial charge is 0.493 e. The standard InChI is InChI=1S/C14H17NO3/c1-5-6-10-7-9-8-11(16-2)13(17-3)14(18-4)12(9)15-10/h5-8,15H,1-4H3/b6-5+. The Morgan fingerprint density at radius 1 is 1.00 bits per heavy atom. The number of rotatable bonds is 4. The third kappa shape index (κ3) is 1.90. The number of hydrogen-bond acceptors (Lipinski definition) is 3. The molecule has 0 atom stereocenters. The van der Waals surface area contributed by atoms with E-state index in [-0.39, 0.29) is 0 Å². The average molecular weight is 247 g/mol. The van der Waals surface area contributed by atoms with Gasteiger partial charge in [-0.2, -0.15) is 0 Å². The van der Waals surface area contributed by atoms with Crippen LogP contribution >= 0.6 is 0 Å². The van der Waals surface area contributed by atoms with E-state index in [2.05, 4.69) is 4.98 Å². The normalized spacial score (nSPS) is 11.1. The molecular formula is C14H17NO3. The summed E-state index contributed by atoms with van der Waals surface area (Å²) in [6, 6.07) is 3.97. The molecule has 2 rings (SSSR count). The number of aromatic nitrogens is 1. The maximum absolute atomic E-state index is 5.42. The molecule has 0 saturated carbocycles. The smallest absolute Gasteiger partial charge is 0.205 e. The maximum Gasteiger partial charge on any atom is 0.205 e. The number of fused-ring (bicyclic) bond motifs is 1. The predicted molar refractivity (Wildman–Crippen MR) is 72.7 cm³/mol. The maximum atomic E-state index is 5.42. The number of benzene rings is 1. The highest BCUT2D eigenvalue weighted by molar-refractivity contribution is 5.92. The van der Waals surface area contributed by atoms with Gasteiger partial charge in [-0.05, 0) is 25.1 Å². The third-order valence-electron chi connectivity index (χ3n) is 2.79. The lowest BCUT2D eigenvalue weighted by Gasteiger charge is -2.12. The average Bonchev–Trinajstić information content (AvgIpc) is 2.78. The lowest BCUT2D eigenvalue weighted by Crippen LogP contribution is -1.95. The molecule has 1 heterocycles. The van der Waals surface area contributed by atoms with Crippen LogP contribution in [0.15, 0.2) is 18.2 Å². The Morgan fingerprint density at radius 2 is 1.72 bits per heavy atom. The summed E-state index contributed by atoms with van der Waals surface area (Å²) in [5.74, 6) is 1.91. The molecule has 1 N–H and O–H groups in total. The van der Waals surface area contributed by atoms with Crippen molar-refractivity contribution in [2.75, 3.05) is 21.3 Å². The van der Waals surface area contributed by atoms with Crippen LogP contribution in [0.25, 0.3) is 17.0 Å². The Labute approximate surface area is 106 Å². The fourth-order valence-corrected chi connectivity index (χ4v) is 2.04. The highest BCUT2D eigenvalue weighted by Gasteiger charge is 2.17. The minimum absolute atomic E-state index is 0.598. The van der Waals surface area contributed by atoms with Crippen molar-refractivity contribution < 1.29 is 14.2 Å². The van der Waals surface area contributed by atoms with Crippen molar-refractivity contribution in [1.82, 2.24) is 4.98 Å². The summed E-state index contributed by atoms with van der Waals surface area (Å²) in [7, 11) is 4.83. The van der Waals surface area contributed by atoms with Gasteiger partial charge in [0, 0.05) is 11.1 Å². The molecule has 4 heteroatoms. The minimum atomic E-state index is 0.598. The van der Waals surface area contributed by atoms with Gasteiger partial charge in [0.05, 0.1) is 26.8 Å². The molecule has 0 bridgehead atoms. The van der Waals surface area contributed by atoms with Crippen LogP contribution in [0.4, 0.5) is 0 Å². The molecule has 0 saturated heterocycles. The van der Waals surface area contributed by atoms with Crippen LogP contribution in [0.2, 0.25) is 0 Å². The van der Waals surface area contributed by atoms with Crippen molar-refractivity contribution in [3.05, 3.63) is 23.9 Å². The van der Waals surface area contributed by atoms with E-state index in [4.69, 9.17) is 14.2 Å². The van der Waals surface area contributed by atoms with Crippen molar-refractivity contribution in [2.45, 2.75) is 6.92 Å². The second-order valence-electron chi connectivity index (χ2n) is 3.83. The summed E-state index contributed by atoms with van der Waals surface area (Å²) >= 11 is 0. The van der Waals surface area contributed by atoms with Gasteiger partial charge in [0.25, 0.3) is 0 Å². The number of allylic oxidation sites excluding steroid dienone is 1. The molecular weight excluding hydrogens is 230 g/mol. The number of nitrogens with one attached hydrogen (secondary N) is 1. The van der Waals surface area contributed by atoms with Gasteiger partial charge in [0.2, 0.25) is 5.75 Å². The van der Waals surface area contributed by atoms with Crippen LogP contribution in [0, 0.1) is 0 Å². The number of hydrogen-bond donors (Lipinski definition) is 1. The quantitative estimate of drug-likeness (QED) is 0.902. The summed E-state index contributed by atoms with van der Waals surface area (Å²) in [6.07, 6.45) is 3.98. The lowest BCUT2D eigenvalue weighted by atomic mass is 10.2. The molecule has 0 amide bonds. The van der Waals surface area contributed by atoms with Crippen molar-refractivity contribution in [3.8, 4) is 17.2 Å². The van der Waals surface area contributed by atoms with Crippen LogP contribution in [0.1, 0.15) is 12.6 Å². The molecule has 0 aliphatic heterocycles. The first-order valence-electron chi connectivity index (χ1n) is 5.69. The predicted octanol–water partition coefficient (Wildman–Crippen LogP) is 3.23. The lowest BCUT2D eigenvalue weighted by molar-refractivity contribution is 0.327. The second kappa shape index (κ2) is 5.04. The van der Waals surface area contributed by atoms with Gasteiger partial charge in [-0.1, -0.05) is 6.08 Å². The molecule has 0 unspecified atom stereocenters. The number of aromatic amines is 1. The molecule has 96 valence electrons. The second-order valence-corrected chi connectivity index (χ2v) is 3.83. The zero-order valence-corrected chi connectivity index (χ0v) is 11.0. The van der Waals surface area contributed by atoms with Gasteiger partial charge < -0.3 is 19.2 Å². The topological polar surface area (TPSA) is 43.5 Å². The summed E-state index contributed by atoms with van der Waals surface area (Å²) in [5.41, 5.74) is 1.92. The first-order chi connectivity index (χ1) is 8.74. The molecule has 1 aromatic carbocycles. The third-order valence-corrected chi connectivity index (χ3v) is 2.79. The van der Waals surface area contributed by atoms with Crippen LogP contribution in [0.3, 0.4) is 0 Å². The Balaban J connectivity index is 2.75. The van der Waals surface area contributed by atoms with Crippen molar-refractivity contribution >= 4 is 17.0 Å². The number of methoxy groups -OCH3 is 3. The van der Waals surface area contributed by atoms with Crippen molar-refractivity contribution in [1.29, 1.82) is 0 Å². The highest BCUT2D eigenvalue weighted by Crippen LogP contribution is 2.43. The highest BCUT2D eigenvalue weighted by atomic mass is 16.5. The summed E-state index contributed by atoms with van der Waals surface area (Å²) in [6.45, 7) is 1.98. The minimum Gasteiger partial charge on any atom is -0.493 e. The zero-order chi connectivity index (χ0) is 13.1. The van der Waals surface area contributed by atoms with E-state index in [1.54, 1.807) is 21.3 Å². The summed E-state index contributed by atoms with van der Waals surface area (Å²) in [5, 5.41) is 1.03. The fraction of sp³-hybridized carbons (Fsp3) is 0.286. The number of ether oxygens (including phenoxy) is 3. The Kier molecular flexibility index (Phi) is 3.46. The molecule has 1 aromatic heterocycles. The van der Waals surface area contributed by atoms with Gasteiger partial charge in [-0.3, -0.25) is 0 Å². The molecule has 0 fully saturated rings. The van der Waals surface area contributed by atoms with Crippen LogP contribution in [-0.2, 0) is 0 Å². The van der Waals surface area contributed by atoms with E-state index in [0.717, 1.165) is 16.6 Å². The fourth-order valence-electron chi connectivity index (χ4n) is 2.04. The van der Waals surface area contributed by atoms with E-state index in [0.29, 0.717) is 17.2 Å². The van der Waals surface area contributed by atoms with Gasteiger partial charge >= 0.3 is 0 Å². The van der Waals surface area contributed by atoms with E-state index >= 15 is 0 Å². The molecule has 0 aliphatic rings. The Bertz CT molecular complexity index is 584. The first-order valence-corrected chi connectivity index (χ1v) is 5.69. The first kappa shape index (κ1) is 12.4. The Hall–Kier alpha value is -2.10. The van der Waals surface area contributed by atoms with Crippen LogP contribution < -0.4 is 14.2 Å². The van der Waals surface area contributed by atoms with Gasteiger partial charge in [-0.25, -0.2) is 0 Å². The van der Waals surface area contributed by atoms with Gasteiger partial charge in [-0.15, -0.1) is 0 Å². The van der Waals surface area contributed by atoms with E-state index < -0.39 is 0 Å². The molecule has 0 aliphatic carbocycles. The SMILES string of the molecule is C/C=C/c1cc2cc(OC)c(OC)c(OC)c2[nH]1. The molecule has 4 nitrogen and oxygen atoms in total. The van der Waals surface area contributed by atoms with Crippen molar-refractivity contribution in [3.63, 3.8) is 0 Å². The molecule has 18 heavy (non-hydrogen) atoms. The van der Waals surface area contributed by atoms with Crippen LogP contribution in [-0.4, -0.2) is 26.3 Å². The van der Waals surface area contributed by atoms with Crippen molar-refractivity contribution in [2.24, 2.45) is 0 Å². The van der Waals surface area contributed by atoms with E-state index in [1.165, 1.54) is 0 Å². The summed E-state index contributed by atoms with van der Waals surface area (Å²) in [4.78, 5) is 3.29. The molecule has 0 spiro atoms. The van der Waals surface area contributed by atoms with E-state index in [9.17, 15) is 0 Å². The van der Waals surface area contributed by atoms with Gasteiger partial charge in [0.15, 0.2) is 11.5 Å². The van der Waals surface area contributed by atoms with Crippen LogP contribution in [0.5, 0.6) is 17.2 Å². The summed E-state index contributed by atoms with van der Waals surface area (Å²) < 4.78 is 16.1. The zero-order valence-electron chi connectivity index (χ0n) is 11.0. The van der Waals surface area contributed by atoms with Gasteiger partial charge in [0.1, 0.15) is 0 Å². The monoisotopic (exact) mass is 247 g/mol.